The van der Waals surface area contributed by atoms with Gasteiger partial charge in [-0.25, -0.2) is 0 Å². The zero-order valence-electron chi connectivity index (χ0n) is 10.5. The molecule has 92 valence electrons. The molecule has 1 aliphatic rings. The molecule has 0 aromatic rings. The molecule has 0 bridgehead atoms. The molecule has 0 heterocycles. The van der Waals surface area contributed by atoms with E-state index in [9.17, 15) is 4.79 Å². The van der Waals surface area contributed by atoms with Crippen molar-refractivity contribution in [3.8, 4) is 0 Å². The highest BCUT2D eigenvalue weighted by molar-refractivity contribution is 7.80. The Hall–Kier alpha value is -0.640. The molecule has 0 aliphatic heterocycles. The van der Waals surface area contributed by atoms with Gasteiger partial charge in [-0.1, -0.05) is 25.1 Å². The Labute approximate surface area is 103 Å². The molecule has 0 aromatic heterocycles. The first-order valence-electron chi connectivity index (χ1n) is 5.91. The lowest BCUT2D eigenvalue weighted by Gasteiger charge is -2.30. The van der Waals surface area contributed by atoms with Gasteiger partial charge in [-0.3, -0.25) is 4.79 Å². The van der Waals surface area contributed by atoms with E-state index in [1.807, 2.05) is 7.05 Å². The maximum Gasteiger partial charge on any atom is 0.234 e. The Balaban J connectivity index is 2.55. The third kappa shape index (κ3) is 2.94. The summed E-state index contributed by atoms with van der Waals surface area (Å²) in [5, 5.41) is 0. The standard InChI is InChI=1S/C12H22N2OS/c1-12(2,10(13)16)11(15)14(3)8-9-6-4-5-7-9/h9H,4-8H2,1-3H3,(H2,13,16). The minimum atomic E-state index is -0.720. The maximum absolute atomic E-state index is 12.2. The van der Waals surface area contributed by atoms with E-state index in [2.05, 4.69) is 0 Å². The average molecular weight is 242 g/mol. The zero-order chi connectivity index (χ0) is 12.3. The fraction of sp³-hybridized carbons (Fsp3) is 0.833. The van der Waals surface area contributed by atoms with Crippen molar-refractivity contribution in [2.75, 3.05) is 13.6 Å². The van der Waals surface area contributed by atoms with Gasteiger partial charge in [-0.15, -0.1) is 0 Å². The normalized spacial score (nSPS) is 17.4. The van der Waals surface area contributed by atoms with Gasteiger partial charge < -0.3 is 10.6 Å². The van der Waals surface area contributed by atoms with Crippen molar-refractivity contribution in [1.29, 1.82) is 0 Å². The van der Waals surface area contributed by atoms with E-state index in [0.29, 0.717) is 5.92 Å². The fourth-order valence-corrected chi connectivity index (χ4v) is 2.33. The molecule has 1 fully saturated rings. The van der Waals surface area contributed by atoms with E-state index in [-0.39, 0.29) is 10.9 Å². The molecule has 3 nitrogen and oxygen atoms in total. The molecule has 1 aliphatic carbocycles. The van der Waals surface area contributed by atoms with Crippen LogP contribution in [-0.4, -0.2) is 29.4 Å². The minimum absolute atomic E-state index is 0.0342. The fourth-order valence-electron chi connectivity index (χ4n) is 2.25. The van der Waals surface area contributed by atoms with Gasteiger partial charge >= 0.3 is 0 Å². The number of carbonyl (C=O) groups excluding carboxylic acids is 1. The van der Waals surface area contributed by atoms with E-state index in [0.717, 1.165) is 6.54 Å². The van der Waals surface area contributed by atoms with E-state index in [1.54, 1.807) is 18.7 Å². The van der Waals surface area contributed by atoms with Crippen LogP contribution in [0.2, 0.25) is 0 Å². The number of hydrogen-bond acceptors (Lipinski definition) is 2. The Kier molecular flexibility index (Phi) is 4.30. The number of nitrogens with two attached hydrogens (primary N) is 1. The highest BCUT2D eigenvalue weighted by Crippen LogP contribution is 2.27. The maximum atomic E-state index is 12.2. The lowest BCUT2D eigenvalue weighted by molar-refractivity contribution is -0.136. The monoisotopic (exact) mass is 242 g/mol. The second kappa shape index (κ2) is 5.13. The molecular formula is C12H22N2OS. The summed E-state index contributed by atoms with van der Waals surface area (Å²) in [4.78, 5) is 14.2. The highest BCUT2D eigenvalue weighted by atomic mass is 32.1. The molecule has 2 N–H and O–H groups in total. The number of carbonyl (C=O) groups is 1. The van der Waals surface area contributed by atoms with Crippen molar-refractivity contribution >= 4 is 23.1 Å². The largest absolute Gasteiger partial charge is 0.392 e. The lowest BCUT2D eigenvalue weighted by atomic mass is 9.91. The molecule has 0 unspecified atom stereocenters. The van der Waals surface area contributed by atoms with Crippen molar-refractivity contribution < 1.29 is 4.79 Å². The first kappa shape index (κ1) is 13.4. The number of hydrogen-bond donors (Lipinski definition) is 1. The third-order valence-corrected chi connectivity index (χ3v) is 4.01. The molecule has 1 amide bonds. The Morgan fingerprint density at radius 1 is 1.44 bits per heavy atom. The van der Waals surface area contributed by atoms with Crippen LogP contribution in [0.1, 0.15) is 39.5 Å². The number of amides is 1. The van der Waals surface area contributed by atoms with E-state index in [1.165, 1.54) is 25.7 Å². The summed E-state index contributed by atoms with van der Waals surface area (Å²) >= 11 is 4.94. The second-order valence-corrected chi connectivity index (χ2v) is 5.77. The summed E-state index contributed by atoms with van der Waals surface area (Å²) in [5.41, 5.74) is 4.88. The van der Waals surface area contributed by atoms with Crippen molar-refractivity contribution in [3.05, 3.63) is 0 Å². The SMILES string of the molecule is CN(CC1CCCC1)C(=O)C(C)(C)C(N)=S. The average Bonchev–Trinajstić information content (AvgIpc) is 2.68. The topological polar surface area (TPSA) is 46.3 Å². The van der Waals surface area contributed by atoms with Crippen LogP contribution in [0.25, 0.3) is 0 Å². The van der Waals surface area contributed by atoms with Crippen LogP contribution in [0.3, 0.4) is 0 Å². The van der Waals surface area contributed by atoms with Crippen molar-refractivity contribution in [2.45, 2.75) is 39.5 Å². The number of nitrogens with zero attached hydrogens (tertiary/aromatic N) is 1. The molecule has 0 saturated heterocycles. The van der Waals surface area contributed by atoms with Gasteiger partial charge in [0, 0.05) is 13.6 Å². The minimum Gasteiger partial charge on any atom is -0.392 e. The van der Waals surface area contributed by atoms with Crippen molar-refractivity contribution in [2.24, 2.45) is 17.1 Å². The summed E-state index contributed by atoms with van der Waals surface area (Å²) in [7, 11) is 1.85. The van der Waals surface area contributed by atoms with Gasteiger partial charge in [0.05, 0.1) is 10.4 Å². The third-order valence-electron chi connectivity index (χ3n) is 3.50. The first-order chi connectivity index (χ1) is 7.35. The van der Waals surface area contributed by atoms with Crippen molar-refractivity contribution in [1.82, 2.24) is 4.90 Å². The Bertz CT molecular complexity index is 283. The first-order valence-corrected chi connectivity index (χ1v) is 6.32. The van der Waals surface area contributed by atoms with E-state index in [4.69, 9.17) is 18.0 Å². The van der Waals surface area contributed by atoms with Gasteiger partial charge in [0.2, 0.25) is 5.91 Å². The van der Waals surface area contributed by atoms with Crippen LogP contribution in [-0.2, 0) is 4.79 Å². The molecular weight excluding hydrogens is 220 g/mol. The highest BCUT2D eigenvalue weighted by Gasteiger charge is 2.34. The molecule has 0 spiro atoms. The summed E-state index contributed by atoms with van der Waals surface area (Å²) < 4.78 is 0. The van der Waals surface area contributed by atoms with Gasteiger partial charge in [0.25, 0.3) is 0 Å². The molecule has 1 rings (SSSR count). The molecule has 1 saturated carbocycles. The summed E-state index contributed by atoms with van der Waals surface area (Å²) in [5.74, 6) is 0.697. The van der Waals surface area contributed by atoms with Crippen LogP contribution >= 0.6 is 12.2 Å². The molecule has 0 atom stereocenters. The molecule has 0 aromatic carbocycles. The summed E-state index contributed by atoms with van der Waals surface area (Å²) in [6.45, 7) is 4.43. The lowest BCUT2D eigenvalue weighted by Crippen LogP contribution is -2.46. The van der Waals surface area contributed by atoms with E-state index >= 15 is 0 Å². The van der Waals surface area contributed by atoms with Crippen LogP contribution in [0, 0.1) is 11.3 Å². The molecule has 4 heteroatoms. The number of thiocarbonyl (C=S) groups is 1. The summed E-state index contributed by atoms with van der Waals surface area (Å²) in [6.07, 6.45) is 5.08. The van der Waals surface area contributed by atoms with Crippen LogP contribution in [0.5, 0.6) is 0 Å². The van der Waals surface area contributed by atoms with Crippen LogP contribution < -0.4 is 5.73 Å². The predicted octanol–water partition coefficient (Wildman–Crippen LogP) is 1.95. The Morgan fingerprint density at radius 2 is 1.94 bits per heavy atom. The van der Waals surface area contributed by atoms with Gasteiger partial charge in [-0.2, -0.15) is 0 Å². The van der Waals surface area contributed by atoms with Crippen molar-refractivity contribution in [3.63, 3.8) is 0 Å². The zero-order valence-corrected chi connectivity index (χ0v) is 11.3. The van der Waals surface area contributed by atoms with Gasteiger partial charge in [0.1, 0.15) is 0 Å². The predicted molar refractivity (Wildman–Crippen MR) is 70.2 cm³/mol. The summed E-state index contributed by atoms with van der Waals surface area (Å²) in [6, 6.07) is 0. The Morgan fingerprint density at radius 3 is 2.38 bits per heavy atom. The second-order valence-electron chi connectivity index (χ2n) is 5.33. The molecule has 0 radical (unpaired) electrons. The van der Waals surface area contributed by atoms with Gasteiger partial charge in [-0.05, 0) is 32.6 Å². The number of rotatable bonds is 4. The van der Waals surface area contributed by atoms with Crippen LogP contribution in [0.15, 0.2) is 0 Å². The van der Waals surface area contributed by atoms with E-state index < -0.39 is 5.41 Å². The molecule has 16 heavy (non-hydrogen) atoms. The quantitative estimate of drug-likeness (QED) is 0.766. The van der Waals surface area contributed by atoms with Crippen LogP contribution in [0.4, 0.5) is 0 Å². The smallest absolute Gasteiger partial charge is 0.234 e. The van der Waals surface area contributed by atoms with Gasteiger partial charge in [0.15, 0.2) is 0 Å².